The minimum absolute atomic E-state index is 0.0401. The van der Waals surface area contributed by atoms with Gasteiger partial charge in [-0.1, -0.05) is 0 Å². The number of aromatic nitrogens is 3. The lowest BCUT2D eigenvalue weighted by Crippen LogP contribution is -2.26. The van der Waals surface area contributed by atoms with Crippen LogP contribution >= 0.6 is 0 Å². The molecule has 2 N–H and O–H groups in total. The first-order chi connectivity index (χ1) is 15.0. The van der Waals surface area contributed by atoms with Crippen LogP contribution in [0.15, 0.2) is 30.6 Å². The smallest absolute Gasteiger partial charge is 0.255 e. The number of ether oxygens (including phenoxy) is 2. The van der Waals surface area contributed by atoms with E-state index in [0.717, 1.165) is 16.6 Å². The summed E-state index contributed by atoms with van der Waals surface area (Å²) in [5, 5.41) is 5.68. The van der Waals surface area contributed by atoms with Gasteiger partial charge in [-0.15, -0.1) is 0 Å². The van der Waals surface area contributed by atoms with Gasteiger partial charge in [-0.25, -0.2) is 9.97 Å². The van der Waals surface area contributed by atoms with Gasteiger partial charge in [-0.05, 0) is 31.2 Å². The van der Waals surface area contributed by atoms with Gasteiger partial charge in [0.25, 0.3) is 5.91 Å². The molecule has 9 nitrogen and oxygen atoms in total. The fourth-order valence-electron chi connectivity index (χ4n) is 4.01. The zero-order valence-corrected chi connectivity index (χ0v) is 17.3. The summed E-state index contributed by atoms with van der Waals surface area (Å²) in [4.78, 5) is 33.3. The lowest BCUT2D eigenvalue weighted by Gasteiger charge is -2.20. The zero-order chi connectivity index (χ0) is 21.5. The fraction of sp³-hybridized carbons (Fsp3) is 0.364. The van der Waals surface area contributed by atoms with E-state index < -0.39 is 0 Å². The number of carbonyl (C=O) groups is 2. The second-order valence-electron chi connectivity index (χ2n) is 7.94. The highest BCUT2D eigenvalue weighted by atomic mass is 16.5. The van der Waals surface area contributed by atoms with Crippen LogP contribution < -0.4 is 20.1 Å². The van der Waals surface area contributed by atoms with Crippen LogP contribution in [0.4, 0.5) is 0 Å². The third-order valence-corrected chi connectivity index (χ3v) is 5.80. The maximum absolute atomic E-state index is 12.4. The predicted octanol–water partition coefficient (Wildman–Crippen LogP) is 1.66. The van der Waals surface area contributed by atoms with Crippen molar-refractivity contribution in [1.82, 2.24) is 25.2 Å². The molecule has 160 valence electrons. The van der Waals surface area contributed by atoms with E-state index in [0.29, 0.717) is 49.0 Å². The summed E-state index contributed by atoms with van der Waals surface area (Å²) < 4.78 is 13.8. The number of imidazole rings is 1. The summed E-state index contributed by atoms with van der Waals surface area (Å²) in [6.45, 7) is 3.44. The molecule has 5 rings (SSSR count). The monoisotopic (exact) mass is 421 g/mol. The molecule has 4 heterocycles. The van der Waals surface area contributed by atoms with Crippen LogP contribution in [0.5, 0.6) is 11.6 Å². The average Bonchev–Trinajstić information content (AvgIpc) is 3.31. The van der Waals surface area contributed by atoms with E-state index in [4.69, 9.17) is 14.5 Å². The Labute approximate surface area is 178 Å². The van der Waals surface area contributed by atoms with Gasteiger partial charge < -0.3 is 24.7 Å². The lowest BCUT2D eigenvalue weighted by molar-refractivity contribution is -0.119. The number of nitrogens with one attached hydrogen (secondary N) is 2. The molecule has 1 fully saturated rings. The van der Waals surface area contributed by atoms with Crippen molar-refractivity contribution < 1.29 is 19.1 Å². The molecule has 2 amide bonds. The molecular weight excluding hydrogens is 398 g/mol. The van der Waals surface area contributed by atoms with Crippen molar-refractivity contribution >= 4 is 22.8 Å². The lowest BCUT2D eigenvalue weighted by atomic mass is 10.0. The van der Waals surface area contributed by atoms with Gasteiger partial charge in [-0.3, -0.25) is 9.59 Å². The quantitative estimate of drug-likeness (QED) is 0.664. The van der Waals surface area contributed by atoms with Crippen LogP contribution in [0.3, 0.4) is 0 Å². The molecule has 1 saturated heterocycles. The normalized spacial score (nSPS) is 19.2. The number of aryl methyl sites for hydroxylation is 1. The molecule has 9 heteroatoms. The number of benzene rings is 1. The number of nitrogens with zero attached hydrogens (tertiary/aromatic N) is 3. The number of hydrogen-bond acceptors (Lipinski definition) is 6. The molecule has 31 heavy (non-hydrogen) atoms. The Bertz CT molecular complexity index is 1190. The third-order valence-electron chi connectivity index (χ3n) is 5.80. The second kappa shape index (κ2) is 7.57. The Kier molecular flexibility index (Phi) is 4.72. The van der Waals surface area contributed by atoms with Crippen molar-refractivity contribution in [1.29, 1.82) is 0 Å². The summed E-state index contributed by atoms with van der Waals surface area (Å²) >= 11 is 0. The Hall–Kier alpha value is -3.62. The standard InChI is InChI=1S/C22H23N5O4/c1-12(14-8-19(28)24-10-14)31-22-20-17(25-11-27(20)2)9-16(26-22)13-3-4-18-15(7-13)21(29)23-5-6-30-18/h3-4,7,9,11-12,14H,5-6,8,10H2,1-2H3,(H,23,29)(H,24,28)/t12?,14-/m1/s1. The molecule has 0 radical (unpaired) electrons. The zero-order valence-electron chi connectivity index (χ0n) is 17.3. The highest BCUT2D eigenvalue weighted by Gasteiger charge is 2.29. The van der Waals surface area contributed by atoms with E-state index in [1.54, 1.807) is 18.5 Å². The predicted molar refractivity (Wildman–Crippen MR) is 113 cm³/mol. The van der Waals surface area contributed by atoms with E-state index in [9.17, 15) is 9.59 Å². The summed E-state index contributed by atoms with van der Waals surface area (Å²) in [5.74, 6) is 0.959. The minimum Gasteiger partial charge on any atom is -0.491 e. The first-order valence-electron chi connectivity index (χ1n) is 10.3. The van der Waals surface area contributed by atoms with E-state index in [-0.39, 0.29) is 23.8 Å². The number of rotatable bonds is 4. The van der Waals surface area contributed by atoms with Crippen LogP contribution in [-0.2, 0) is 11.8 Å². The second-order valence-corrected chi connectivity index (χ2v) is 7.94. The first-order valence-corrected chi connectivity index (χ1v) is 10.3. The van der Waals surface area contributed by atoms with E-state index in [1.807, 2.05) is 30.7 Å². The first kappa shape index (κ1) is 19.3. The van der Waals surface area contributed by atoms with Gasteiger partial charge in [0, 0.05) is 31.5 Å². The van der Waals surface area contributed by atoms with Gasteiger partial charge in [0.2, 0.25) is 11.8 Å². The van der Waals surface area contributed by atoms with Crippen molar-refractivity contribution in [3.8, 4) is 22.9 Å². The van der Waals surface area contributed by atoms with Gasteiger partial charge in [-0.2, -0.15) is 0 Å². The Morgan fingerprint density at radius 1 is 1.26 bits per heavy atom. The molecule has 2 aliphatic heterocycles. The minimum atomic E-state index is -0.203. The number of pyridine rings is 1. The van der Waals surface area contributed by atoms with E-state index >= 15 is 0 Å². The Balaban J connectivity index is 1.55. The molecule has 0 aliphatic carbocycles. The summed E-state index contributed by atoms with van der Waals surface area (Å²) in [5.41, 5.74) is 3.41. The van der Waals surface area contributed by atoms with E-state index in [1.165, 1.54) is 0 Å². The number of carbonyl (C=O) groups excluding carboxylic acids is 2. The van der Waals surface area contributed by atoms with Crippen molar-refractivity contribution in [3.63, 3.8) is 0 Å². The molecule has 1 aromatic carbocycles. The molecule has 3 aromatic rings. The molecule has 2 atom stereocenters. The van der Waals surface area contributed by atoms with E-state index in [2.05, 4.69) is 15.6 Å². The van der Waals surface area contributed by atoms with Crippen LogP contribution in [0, 0.1) is 5.92 Å². The van der Waals surface area contributed by atoms with Crippen LogP contribution in [-0.4, -0.2) is 52.1 Å². The van der Waals surface area contributed by atoms with Crippen LogP contribution in [0.25, 0.3) is 22.3 Å². The van der Waals surface area contributed by atoms with Gasteiger partial charge >= 0.3 is 0 Å². The van der Waals surface area contributed by atoms with Gasteiger partial charge in [0.15, 0.2) is 0 Å². The molecule has 0 bridgehead atoms. The molecule has 1 unspecified atom stereocenters. The molecule has 2 aromatic heterocycles. The highest BCUT2D eigenvalue weighted by Crippen LogP contribution is 2.32. The summed E-state index contributed by atoms with van der Waals surface area (Å²) in [6, 6.07) is 7.32. The van der Waals surface area contributed by atoms with Gasteiger partial charge in [0.05, 0.1) is 29.6 Å². The van der Waals surface area contributed by atoms with Crippen LogP contribution in [0.1, 0.15) is 23.7 Å². The highest BCUT2D eigenvalue weighted by molar-refractivity contribution is 5.98. The summed E-state index contributed by atoms with van der Waals surface area (Å²) in [7, 11) is 1.89. The Morgan fingerprint density at radius 3 is 2.94 bits per heavy atom. The summed E-state index contributed by atoms with van der Waals surface area (Å²) in [6.07, 6.45) is 1.95. The number of hydrogen-bond donors (Lipinski definition) is 2. The van der Waals surface area contributed by atoms with Crippen molar-refractivity contribution in [2.75, 3.05) is 19.7 Å². The maximum Gasteiger partial charge on any atom is 0.255 e. The van der Waals surface area contributed by atoms with Crippen molar-refractivity contribution in [2.24, 2.45) is 13.0 Å². The topological polar surface area (TPSA) is 107 Å². The SMILES string of the molecule is CC(Oc1nc(-c2ccc3c(c2)C(=O)NCCO3)cc2ncn(C)c12)[C@H]1CNC(=O)C1. The maximum atomic E-state index is 12.4. The van der Waals surface area contributed by atoms with Crippen LogP contribution in [0.2, 0.25) is 0 Å². The fourth-order valence-corrected chi connectivity index (χ4v) is 4.01. The number of amides is 2. The van der Waals surface area contributed by atoms with Crippen molar-refractivity contribution in [3.05, 3.63) is 36.2 Å². The van der Waals surface area contributed by atoms with Gasteiger partial charge in [0.1, 0.15) is 24.0 Å². The van der Waals surface area contributed by atoms with Crippen molar-refractivity contribution in [2.45, 2.75) is 19.4 Å². The average molecular weight is 421 g/mol. The Morgan fingerprint density at radius 2 is 2.13 bits per heavy atom. The third kappa shape index (κ3) is 3.56. The number of fused-ring (bicyclic) bond motifs is 2. The molecule has 0 saturated carbocycles. The molecular formula is C22H23N5O4. The largest absolute Gasteiger partial charge is 0.491 e. The molecule has 2 aliphatic rings. The molecule has 0 spiro atoms.